The van der Waals surface area contributed by atoms with Crippen molar-refractivity contribution in [3.8, 4) is 17.2 Å². The summed E-state index contributed by atoms with van der Waals surface area (Å²) in [6, 6.07) is 13.1. The monoisotopic (exact) mass is 381 g/mol. The van der Waals surface area contributed by atoms with E-state index in [2.05, 4.69) is 25.8 Å². The Morgan fingerprint density at radius 1 is 0.857 bits per heavy atom. The first-order valence-corrected chi connectivity index (χ1v) is 8.80. The molecule has 0 radical (unpaired) electrons. The summed E-state index contributed by atoms with van der Waals surface area (Å²) in [6.07, 6.45) is 1.67. The zero-order valence-electron chi connectivity index (χ0n) is 16.3. The highest BCUT2D eigenvalue weighted by Gasteiger charge is 2.07. The van der Waals surface area contributed by atoms with E-state index in [1.54, 1.807) is 20.4 Å². The number of hydrogen-bond acceptors (Lipinski definition) is 8. The predicted molar refractivity (Wildman–Crippen MR) is 108 cm³/mol. The van der Waals surface area contributed by atoms with Crippen molar-refractivity contribution in [2.45, 2.75) is 20.0 Å². The van der Waals surface area contributed by atoms with Gasteiger partial charge in [-0.25, -0.2) is 0 Å². The number of hydrogen-bond donors (Lipinski definition) is 2. The second-order valence-corrected chi connectivity index (χ2v) is 6.18. The molecule has 2 aromatic carbocycles. The van der Waals surface area contributed by atoms with Gasteiger partial charge >= 0.3 is 0 Å². The SMILES string of the molecule is COc1ccc(Nc2cnnc(Nc3ccc(OC(C)C)cc3)n2)cc1OC. The highest BCUT2D eigenvalue weighted by Crippen LogP contribution is 2.30. The fraction of sp³-hybridized carbons (Fsp3) is 0.250. The van der Waals surface area contributed by atoms with Gasteiger partial charge in [-0.05, 0) is 50.2 Å². The first-order valence-electron chi connectivity index (χ1n) is 8.80. The molecule has 0 saturated heterocycles. The molecule has 0 amide bonds. The Balaban J connectivity index is 1.70. The lowest BCUT2D eigenvalue weighted by Gasteiger charge is -2.12. The summed E-state index contributed by atoms with van der Waals surface area (Å²) in [5.74, 6) is 3.01. The third-order valence-electron chi connectivity index (χ3n) is 3.70. The Labute approximate surface area is 163 Å². The lowest BCUT2D eigenvalue weighted by Crippen LogP contribution is -2.05. The fourth-order valence-corrected chi connectivity index (χ4v) is 2.50. The van der Waals surface area contributed by atoms with Crippen LogP contribution in [0, 0.1) is 0 Å². The van der Waals surface area contributed by atoms with Gasteiger partial charge in [-0.2, -0.15) is 10.1 Å². The van der Waals surface area contributed by atoms with Gasteiger partial charge in [0.1, 0.15) is 5.75 Å². The van der Waals surface area contributed by atoms with Crippen LogP contribution in [0.25, 0.3) is 0 Å². The van der Waals surface area contributed by atoms with E-state index in [4.69, 9.17) is 14.2 Å². The van der Waals surface area contributed by atoms with E-state index >= 15 is 0 Å². The molecule has 3 aromatic rings. The van der Waals surface area contributed by atoms with Crippen LogP contribution >= 0.6 is 0 Å². The molecule has 0 spiro atoms. The number of anilines is 4. The quantitative estimate of drug-likeness (QED) is 0.601. The van der Waals surface area contributed by atoms with Crippen molar-refractivity contribution in [1.29, 1.82) is 0 Å². The lowest BCUT2D eigenvalue weighted by atomic mass is 10.2. The molecule has 0 bridgehead atoms. The molecule has 0 aliphatic rings. The van der Waals surface area contributed by atoms with Crippen LogP contribution in [-0.4, -0.2) is 35.5 Å². The lowest BCUT2D eigenvalue weighted by molar-refractivity contribution is 0.242. The Hall–Kier alpha value is -3.55. The Kier molecular flexibility index (Phi) is 6.11. The van der Waals surface area contributed by atoms with Crippen molar-refractivity contribution < 1.29 is 14.2 Å². The molecule has 146 valence electrons. The van der Waals surface area contributed by atoms with Crippen molar-refractivity contribution in [3.63, 3.8) is 0 Å². The van der Waals surface area contributed by atoms with Crippen LogP contribution in [0.15, 0.2) is 48.7 Å². The van der Waals surface area contributed by atoms with Crippen molar-refractivity contribution in [2.75, 3.05) is 24.9 Å². The van der Waals surface area contributed by atoms with Crippen LogP contribution in [-0.2, 0) is 0 Å². The van der Waals surface area contributed by atoms with E-state index in [9.17, 15) is 0 Å². The smallest absolute Gasteiger partial charge is 0.249 e. The van der Waals surface area contributed by atoms with Crippen LogP contribution in [0.5, 0.6) is 17.2 Å². The van der Waals surface area contributed by atoms with Gasteiger partial charge in [0, 0.05) is 17.4 Å². The van der Waals surface area contributed by atoms with Crippen LogP contribution in [0.1, 0.15) is 13.8 Å². The average molecular weight is 381 g/mol. The molecule has 8 heteroatoms. The van der Waals surface area contributed by atoms with Crippen LogP contribution in [0.4, 0.5) is 23.1 Å². The van der Waals surface area contributed by atoms with E-state index in [1.165, 1.54) is 0 Å². The zero-order chi connectivity index (χ0) is 19.9. The molecule has 2 N–H and O–H groups in total. The average Bonchev–Trinajstić information content (AvgIpc) is 2.69. The summed E-state index contributed by atoms with van der Waals surface area (Å²) in [7, 11) is 3.19. The van der Waals surface area contributed by atoms with Crippen molar-refractivity contribution in [1.82, 2.24) is 15.2 Å². The molecule has 0 unspecified atom stereocenters. The summed E-state index contributed by atoms with van der Waals surface area (Å²) >= 11 is 0. The van der Waals surface area contributed by atoms with Crippen LogP contribution < -0.4 is 24.8 Å². The van der Waals surface area contributed by atoms with E-state index in [0.29, 0.717) is 23.3 Å². The van der Waals surface area contributed by atoms with Gasteiger partial charge in [0.2, 0.25) is 5.95 Å². The van der Waals surface area contributed by atoms with Crippen molar-refractivity contribution in [3.05, 3.63) is 48.7 Å². The molecule has 28 heavy (non-hydrogen) atoms. The third-order valence-corrected chi connectivity index (χ3v) is 3.70. The van der Waals surface area contributed by atoms with Gasteiger partial charge in [-0.1, -0.05) is 0 Å². The largest absolute Gasteiger partial charge is 0.493 e. The van der Waals surface area contributed by atoms with Gasteiger partial charge < -0.3 is 24.8 Å². The van der Waals surface area contributed by atoms with Gasteiger partial charge in [0.25, 0.3) is 0 Å². The number of nitrogens with one attached hydrogen (secondary N) is 2. The van der Waals surface area contributed by atoms with Gasteiger partial charge in [-0.15, -0.1) is 5.10 Å². The molecule has 3 rings (SSSR count). The van der Waals surface area contributed by atoms with Crippen molar-refractivity contribution in [2.24, 2.45) is 0 Å². The first-order chi connectivity index (χ1) is 13.6. The molecule has 8 nitrogen and oxygen atoms in total. The van der Waals surface area contributed by atoms with E-state index < -0.39 is 0 Å². The molecule has 1 heterocycles. The zero-order valence-corrected chi connectivity index (χ0v) is 16.3. The Bertz CT molecular complexity index is 916. The topological polar surface area (TPSA) is 90.4 Å². The number of ether oxygens (including phenoxy) is 3. The predicted octanol–water partition coefficient (Wildman–Crippen LogP) is 4.16. The maximum atomic E-state index is 5.64. The minimum Gasteiger partial charge on any atom is -0.493 e. The number of benzene rings is 2. The summed E-state index contributed by atoms with van der Waals surface area (Å²) < 4.78 is 16.2. The summed E-state index contributed by atoms with van der Waals surface area (Å²) in [5.41, 5.74) is 1.63. The molecule has 0 fully saturated rings. The van der Waals surface area contributed by atoms with E-state index in [-0.39, 0.29) is 6.10 Å². The van der Waals surface area contributed by atoms with E-state index in [0.717, 1.165) is 17.1 Å². The fourth-order valence-electron chi connectivity index (χ4n) is 2.50. The normalized spacial score (nSPS) is 10.5. The summed E-state index contributed by atoms with van der Waals surface area (Å²) in [4.78, 5) is 4.43. The molecule has 0 atom stereocenters. The molecule has 0 aliphatic heterocycles. The molecule has 0 aliphatic carbocycles. The highest BCUT2D eigenvalue weighted by molar-refractivity contribution is 5.62. The molecular formula is C20H23N5O3. The number of rotatable bonds is 8. The first kappa shape index (κ1) is 19.2. The van der Waals surface area contributed by atoms with Gasteiger partial charge in [-0.3, -0.25) is 0 Å². The Morgan fingerprint density at radius 2 is 1.57 bits per heavy atom. The third kappa shape index (κ3) is 5.00. The highest BCUT2D eigenvalue weighted by atomic mass is 16.5. The second kappa shape index (κ2) is 8.90. The number of aromatic nitrogens is 3. The van der Waals surface area contributed by atoms with Crippen molar-refractivity contribution >= 4 is 23.1 Å². The summed E-state index contributed by atoms with van der Waals surface area (Å²) in [6.45, 7) is 3.98. The maximum absolute atomic E-state index is 5.64. The standard InChI is InChI=1S/C20H23N5O3/c1-13(2)28-16-8-5-14(6-9-16)23-20-24-19(12-21-25-20)22-15-7-10-17(26-3)18(11-15)27-4/h5-13H,1-4H3,(H2,22,23,24,25). The van der Waals surface area contributed by atoms with Crippen LogP contribution in [0.3, 0.4) is 0 Å². The van der Waals surface area contributed by atoms with Crippen LogP contribution in [0.2, 0.25) is 0 Å². The minimum absolute atomic E-state index is 0.130. The molecule has 1 aromatic heterocycles. The summed E-state index contributed by atoms with van der Waals surface area (Å²) in [5, 5.41) is 14.3. The molecule has 0 saturated carbocycles. The maximum Gasteiger partial charge on any atom is 0.249 e. The Morgan fingerprint density at radius 3 is 2.25 bits per heavy atom. The van der Waals surface area contributed by atoms with Gasteiger partial charge in [0.05, 0.1) is 26.5 Å². The minimum atomic E-state index is 0.130. The van der Waals surface area contributed by atoms with E-state index in [1.807, 2.05) is 56.3 Å². The second-order valence-electron chi connectivity index (χ2n) is 6.18. The van der Waals surface area contributed by atoms with Gasteiger partial charge in [0.15, 0.2) is 17.3 Å². The number of methoxy groups -OCH3 is 2. The number of nitrogens with zero attached hydrogens (tertiary/aromatic N) is 3. The molecular weight excluding hydrogens is 358 g/mol.